The zero-order chi connectivity index (χ0) is 14.6. The molecule has 0 aliphatic rings. The molecule has 0 radical (unpaired) electrons. The lowest BCUT2D eigenvalue weighted by atomic mass is 10.1. The summed E-state index contributed by atoms with van der Waals surface area (Å²) in [7, 11) is 0. The van der Waals surface area contributed by atoms with Crippen molar-refractivity contribution in [2.75, 3.05) is 11.9 Å². The molecule has 19 heavy (non-hydrogen) atoms. The lowest BCUT2D eigenvalue weighted by molar-refractivity contribution is -0.141. The van der Waals surface area contributed by atoms with Gasteiger partial charge in [-0.25, -0.2) is 4.98 Å². The molecule has 6 heteroatoms. The third-order valence-corrected chi connectivity index (χ3v) is 2.88. The quantitative estimate of drug-likeness (QED) is 0.719. The Bertz CT molecular complexity index is 500. The number of anilines is 1. The number of nitrogens with zero attached hydrogens (tertiary/aromatic N) is 1. The number of aromatic nitrogens is 1. The Morgan fingerprint density at radius 1 is 1.47 bits per heavy atom. The number of carboxylic acids is 1. The molecular formula is C13H19N3O3. The van der Waals surface area contributed by atoms with Gasteiger partial charge in [-0.3, -0.25) is 9.59 Å². The first-order valence-electron chi connectivity index (χ1n) is 6.07. The highest BCUT2D eigenvalue weighted by atomic mass is 16.4. The van der Waals surface area contributed by atoms with Crippen molar-refractivity contribution in [1.82, 2.24) is 4.98 Å². The fraction of sp³-hybridized carbons (Fsp3) is 0.462. The maximum atomic E-state index is 11.4. The largest absolute Gasteiger partial charge is 0.481 e. The van der Waals surface area contributed by atoms with E-state index in [1.165, 1.54) is 0 Å². The van der Waals surface area contributed by atoms with Crippen molar-refractivity contribution in [2.24, 2.45) is 11.7 Å². The summed E-state index contributed by atoms with van der Waals surface area (Å²) in [5.74, 6) is -1.41. The van der Waals surface area contributed by atoms with Gasteiger partial charge in [-0.2, -0.15) is 0 Å². The molecule has 1 aromatic heterocycles. The average molecular weight is 265 g/mol. The van der Waals surface area contributed by atoms with E-state index in [1.54, 1.807) is 19.9 Å². The molecule has 1 unspecified atom stereocenters. The molecule has 0 aliphatic heterocycles. The third-order valence-electron chi connectivity index (χ3n) is 2.88. The fourth-order valence-electron chi connectivity index (χ4n) is 1.81. The number of aryl methyl sites for hydroxylation is 2. The SMILES string of the molecule is Cc1cc(C)c(C(N)=O)c(NCCC(C)C(=O)O)n1. The molecule has 1 amide bonds. The summed E-state index contributed by atoms with van der Waals surface area (Å²) in [6.07, 6.45) is 0.447. The maximum Gasteiger partial charge on any atom is 0.306 e. The Kier molecular flexibility index (Phi) is 4.86. The van der Waals surface area contributed by atoms with Gasteiger partial charge in [-0.05, 0) is 31.9 Å². The van der Waals surface area contributed by atoms with Crippen molar-refractivity contribution in [2.45, 2.75) is 27.2 Å². The summed E-state index contributed by atoms with van der Waals surface area (Å²) < 4.78 is 0. The lowest BCUT2D eigenvalue weighted by Crippen LogP contribution is -2.20. The summed E-state index contributed by atoms with van der Waals surface area (Å²) in [5.41, 5.74) is 7.22. The number of nitrogens with one attached hydrogen (secondary N) is 1. The maximum absolute atomic E-state index is 11.4. The van der Waals surface area contributed by atoms with Crippen LogP contribution in [-0.4, -0.2) is 28.5 Å². The first-order chi connectivity index (χ1) is 8.82. The Hall–Kier alpha value is -2.11. The van der Waals surface area contributed by atoms with Crippen LogP contribution in [0.1, 0.15) is 35.0 Å². The second kappa shape index (κ2) is 6.17. The van der Waals surface area contributed by atoms with Crippen molar-refractivity contribution < 1.29 is 14.7 Å². The van der Waals surface area contributed by atoms with Gasteiger partial charge in [0.25, 0.3) is 5.91 Å². The second-order valence-electron chi connectivity index (χ2n) is 4.62. The normalized spacial score (nSPS) is 11.9. The molecule has 0 fully saturated rings. The van der Waals surface area contributed by atoms with Crippen LogP contribution in [0.3, 0.4) is 0 Å². The van der Waals surface area contributed by atoms with Crippen LogP contribution in [-0.2, 0) is 4.79 Å². The monoisotopic (exact) mass is 265 g/mol. The molecule has 104 valence electrons. The Balaban J connectivity index is 2.83. The van der Waals surface area contributed by atoms with Gasteiger partial charge >= 0.3 is 5.97 Å². The van der Waals surface area contributed by atoms with E-state index in [-0.39, 0.29) is 0 Å². The standard InChI is InChI=1S/C13H19N3O3/c1-7(13(18)19)4-5-15-12-10(11(14)17)8(2)6-9(3)16-12/h6-7H,4-5H2,1-3H3,(H2,14,17)(H,15,16)(H,18,19). The summed E-state index contributed by atoms with van der Waals surface area (Å²) in [4.78, 5) is 26.4. The number of carbonyl (C=O) groups is 2. The molecule has 1 aromatic rings. The van der Waals surface area contributed by atoms with Crippen molar-refractivity contribution in [3.05, 3.63) is 22.9 Å². The van der Waals surface area contributed by atoms with Crippen molar-refractivity contribution >= 4 is 17.7 Å². The van der Waals surface area contributed by atoms with Gasteiger partial charge in [0.1, 0.15) is 5.82 Å². The van der Waals surface area contributed by atoms with Crippen LogP contribution >= 0.6 is 0 Å². The van der Waals surface area contributed by atoms with E-state index in [1.807, 2.05) is 6.92 Å². The predicted molar refractivity (Wildman–Crippen MR) is 72.1 cm³/mol. The van der Waals surface area contributed by atoms with Crippen LogP contribution in [0.25, 0.3) is 0 Å². The second-order valence-corrected chi connectivity index (χ2v) is 4.62. The van der Waals surface area contributed by atoms with Crippen LogP contribution < -0.4 is 11.1 Å². The van der Waals surface area contributed by atoms with Crippen LogP contribution in [0.15, 0.2) is 6.07 Å². The molecular weight excluding hydrogens is 246 g/mol. The van der Waals surface area contributed by atoms with E-state index in [4.69, 9.17) is 10.8 Å². The van der Waals surface area contributed by atoms with Crippen molar-refractivity contribution in [3.63, 3.8) is 0 Å². The number of hydrogen-bond donors (Lipinski definition) is 3. The minimum atomic E-state index is -0.842. The molecule has 0 saturated carbocycles. The highest BCUT2D eigenvalue weighted by Gasteiger charge is 2.15. The minimum Gasteiger partial charge on any atom is -0.481 e. The number of rotatable bonds is 6. The molecule has 1 rings (SSSR count). The highest BCUT2D eigenvalue weighted by molar-refractivity contribution is 5.99. The number of nitrogens with two attached hydrogens (primary N) is 1. The fourth-order valence-corrected chi connectivity index (χ4v) is 1.81. The van der Waals surface area contributed by atoms with Crippen LogP contribution in [0.5, 0.6) is 0 Å². The Labute approximate surface area is 112 Å². The van der Waals surface area contributed by atoms with Gasteiger partial charge in [0.05, 0.1) is 11.5 Å². The highest BCUT2D eigenvalue weighted by Crippen LogP contribution is 2.18. The molecule has 0 saturated heterocycles. The summed E-state index contributed by atoms with van der Waals surface area (Å²) in [5, 5.41) is 11.8. The molecule has 6 nitrogen and oxygen atoms in total. The summed E-state index contributed by atoms with van der Waals surface area (Å²) >= 11 is 0. The number of primary amides is 1. The zero-order valence-electron chi connectivity index (χ0n) is 11.4. The molecule has 4 N–H and O–H groups in total. The first kappa shape index (κ1) is 14.9. The van der Waals surface area contributed by atoms with Gasteiger partial charge < -0.3 is 16.2 Å². The van der Waals surface area contributed by atoms with Crippen molar-refractivity contribution in [3.8, 4) is 0 Å². The molecule has 1 heterocycles. The number of pyridine rings is 1. The Morgan fingerprint density at radius 2 is 2.11 bits per heavy atom. The van der Waals surface area contributed by atoms with Gasteiger partial charge in [-0.1, -0.05) is 6.92 Å². The van der Waals surface area contributed by atoms with Crippen LogP contribution in [0.4, 0.5) is 5.82 Å². The molecule has 0 spiro atoms. The number of carboxylic acid groups (broad SMARTS) is 1. The molecule has 0 aromatic carbocycles. The van der Waals surface area contributed by atoms with Crippen LogP contribution in [0, 0.1) is 19.8 Å². The number of carbonyl (C=O) groups excluding carboxylic acids is 1. The summed E-state index contributed by atoms with van der Waals surface area (Å²) in [6.45, 7) is 5.67. The summed E-state index contributed by atoms with van der Waals surface area (Å²) in [6, 6.07) is 1.78. The van der Waals surface area contributed by atoms with Gasteiger partial charge in [0.2, 0.25) is 0 Å². The molecule has 0 aliphatic carbocycles. The van der Waals surface area contributed by atoms with E-state index in [0.717, 1.165) is 11.3 Å². The number of aliphatic carboxylic acids is 1. The van der Waals surface area contributed by atoms with E-state index in [9.17, 15) is 9.59 Å². The predicted octanol–water partition coefficient (Wildman–Crippen LogP) is 1.32. The number of amides is 1. The third kappa shape index (κ3) is 3.94. The average Bonchev–Trinajstić information content (AvgIpc) is 2.26. The number of hydrogen-bond acceptors (Lipinski definition) is 4. The van der Waals surface area contributed by atoms with E-state index in [2.05, 4.69) is 10.3 Å². The van der Waals surface area contributed by atoms with Gasteiger partial charge in [0, 0.05) is 12.2 Å². The minimum absolute atomic E-state index is 0.355. The smallest absolute Gasteiger partial charge is 0.306 e. The van der Waals surface area contributed by atoms with Gasteiger partial charge in [-0.15, -0.1) is 0 Å². The van der Waals surface area contributed by atoms with E-state index < -0.39 is 17.8 Å². The van der Waals surface area contributed by atoms with E-state index in [0.29, 0.717) is 24.3 Å². The molecule has 1 atom stereocenters. The topological polar surface area (TPSA) is 105 Å². The Morgan fingerprint density at radius 3 is 2.63 bits per heavy atom. The van der Waals surface area contributed by atoms with Crippen LogP contribution in [0.2, 0.25) is 0 Å². The zero-order valence-corrected chi connectivity index (χ0v) is 11.4. The first-order valence-corrected chi connectivity index (χ1v) is 6.07. The van der Waals surface area contributed by atoms with Crippen molar-refractivity contribution in [1.29, 1.82) is 0 Å². The molecule has 0 bridgehead atoms. The van der Waals surface area contributed by atoms with Gasteiger partial charge in [0.15, 0.2) is 0 Å². The van der Waals surface area contributed by atoms with E-state index >= 15 is 0 Å². The lowest BCUT2D eigenvalue weighted by Gasteiger charge is -2.13.